The van der Waals surface area contributed by atoms with Crippen LogP contribution >= 0.6 is 0 Å². The van der Waals surface area contributed by atoms with Gasteiger partial charge in [0.15, 0.2) is 0 Å². The Labute approximate surface area is 123 Å². The highest BCUT2D eigenvalue weighted by atomic mass is 15.3. The molecular formula is C17H29N3. The summed E-state index contributed by atoms with van der Waals surface area (Å²) in [5.74, 6) is 0. The normalized spacial score (nSPS) is 23.8. The highest BCUT2D eigenvalue weighted by molar-refractivity contribution is 5.11. The van der Waals surface area contributed by atoms with E-state index >= 15 is 0 Å². The molecule has 20 heavy (non-hydrogen) atoms. The second-order valence-electron chi connectivity index (χ2n) is 7.76. The number of nitrogens with one attached hydrogen (secondary N) is 1. The summed E-state index contributed by atoms with van der Waals surface area (Å²) in [7, 11) is 0. The lowest BCUT2D eigenvalue weighted by molar-refractivity contribution is 0.0286. The first kappa shape index (κ1) is 15.5. The summed E-state index contributed by atoms with van der Waals surface area (Å²) in [5, 5.41) is 3.71. The van der Waals surface area contributed by atoms with E-state index < -0.39 is 0 Å². The Hall–Kier alpha value is -0.930. The summed E-state index contributed by atoms with van der Waals surface area (Å²) in [5.41, 5.74) is 2.73. The van der Waals surface area contributed by atoms with Crippen molar-refractivity contribution < 1.29 is 0 Å². The third kappa shape index (κ3) is 3.58. The minimum absolute atomic E-state index is 0.174. The monoisotopic (exact) mass is 275 g/mol. The van der Waals surface area contributed by atoms with Crippen molar-refractivity contribution in [1.29, 1.82) is 0 Å². The average Bonchev–Trinajstić information content (AvgIpc) is 2.30. The van der Waals surface area contributed by atoms with Crippen molar-refractivity contribution >= 4 is 0 Å². The Morgan fingerprint density at radius 2 is 2.05 bits per heavy atom. The third-order valence-corrected chi connectivity index (χ3v) is 4.38. The fraction of sp³-hybridized carbons (Fsp3) is 0.706. The van der Waals surface area contributed by atoms with Crippen LogP contribution in [0.4, 0.5) is 0 Å². The van der Waals surface area contributed by atoms with Gasteiger partial charge in [0, 0.05) is 36.9 Å². The maximum absolute atomic E-state index is 4.66. The first-order valence-corrected chi connectivity index (χ1v) is 7.59. The minimum Gasteiger partial charge on any atom is -0.310 e. The molecule has 2 heterocycles. The first-order chi connectivity index (χ1) is 9.18. The van der Waals surface area contributed by atoms with Gasteiger partial charge in [-0.05, 0) is 38.3 Å². The topological polar surface area (TPSA) is 28.2 Å². The van der Waals surface area contributed by atoms with Crippen LogP contribution in [0.25, 0.3) is 0 Å². The minimum atomic E-state index is 0.174. The van der Waals surface area contributed by atoms with Crippen molar-refractivity contribution in [2.24, 2.45) is 5.41 Å². The second kappa shape index (κ2) is 5.45. The van der Waals surface area contributed by atoms with E-state index in [4.69, 9.17) is 0 Å². The zero-order valence-electron chi connectivity index (χ0n) is 13.8. The molecule has 112 valence electrons. The first-order valence-electron chi connectivity index (χ1n) is 7.59. The van der Waals surface area contributed by atoms with Crippen LogP contribution in [0.3, 0.4) is 0 Å². The molecule has 0 saturated carbocycles. The lowest BCUT2D eigenvalue weighted by Gasteiger charge is -2.49. The highest BCUT2D eigenvalue weighted by Crippen LogP contribution is 2.28. The van der Waals surface area contributed by atoms with Crippen LogP contribution in [0.15, 0.2) is 18.2 Å². The highest BCUT2D eigenvalue weighted by Gasteiger charge is 2.38. The molecule has 0 spiro atoms. The Morgan fingerprint density at radius 3 is 2.65 bits per heavy atom. The molecule has 2 rings (SSSR count). The van der Waals surface area contributed by atoms with E-state index in [9.17, 15) is 0 Å². The molecule has 1 fully saturated rings. The van der Waals surface area contributed by atoms with Gasteiger partial charge < -0.3 is 5.32 Å². The van der Waals surface area contributed by atoms with Crippen LogP contribution in [-0.4, -0.2) is 34.6 Å². The molecule has 0 aromatic carbocycles. The Balaban J connectivity index is 2.14. The van der Waals surface area contributed by atoms with Crippen LogP contribution in [0.1, 0.15) is 46.0 Å². The number of aromatic nitrogens is 1. The second-order valence-corrected chi connectivity index (χ2v) is 7.76. The molecule has 0 bridgehead atoms. The van der Waals surface area contributed by atoms with Gasteiger partial charge in [-0.1, -0.05) is 26.8 Å². The summed E-state index contributed by atoms with van der Waals surface area (Å²) in [6.45, 7) is 16.7. The molecule has 1 aromatic rings. The van der Waals surface area contributed by atoms with Gasteiger partial charge in [-0.3, -0.25) is 9.88 Å². The van der Waals surface area contributed by atoms with Crippen LogP contribution in [0.5, 0.6) is 0 Å². The van der Waals surface area contributed by atoms with Crippen molar-refractivity contribution in [2.45, 2.75) is 59.7 Å². The Kier molecular flexibility index (Phi) is 4.22. The molecule has 3 nitrogen and oxygen atoms in total. The molecule has 0 aliphatic carbocycles. The standard InChI is InChI=1S/C17H29N3/c1-13-8-7-9-14(19-13)10-20-11-15(16(2,3)4)18-12-17(20,5)6/h7-9,15,18H,10-12H2,1-6H3. The SMILES string of the molecule is Cc1cccc(CN2CC(C(C)(C)C)NCC2(C)C)n1. The molecule has 0 amide bonds. The Bertz CT molecular complexity index is 460. The molecule has 1 aliphatic rings. The number of aryl methyl sites for hydroxylation is 1. The van der Waals surface area contributed by atoms with Crippen LogP contribution < -0.4 is 5.32 Å². The van der Waals surface area contributed by atoms with Gasteiger partial charge in [0.1, 0.15) is 0 Å². The van der Waals surface area contributed by atoms with Gasteiger partial charge in [0.2, 0.25) is 0 Å². The van der Waals surface area contributed by atoms with Crippen molar-refractivity contribution in [3.63, 3.8) is 0 Å². The average molecular weight is 275 g/mol. The molecule has 3 heteroatoms. The Morgan fingerprint density at radius 1 is 1.35 bits per heavy atom. The lowest BCUT2D eigenvalue weighted by atomic mass is 9.83. The van der Waals surface area contributed by atoms with E-state index in [2.05, 4.69) is 74.9 Å². The predicted molar refractivity (Wildman–Crippen MR) is 84.7 cm³/mol. The lowest BCUT2D eigenvalue weighted by Crippen LogP contribution is -2.64. The number of pyridine rings is 1. The predicted octanol–water partition coefficient (Wildman–Crippen LogP) is 2.99. The fourth-order valence-corrected chi connectivity index (χ4v) is 2.76. The molecule has 1 saturated heterocycles. The summed E-state index contributed by atoms with van der Waals surface area (Å²) in [6, 6.07) is 6.83. The zero-order valence-corrected chi connectivity index (χ0v) is 13.8. The number of nitrogens with zero attached hydrogens (tertiary/aromatic N) is 2. The van der Waals surface area contributed by atoms with E-state index in [1.54, 1.807) is 0 Å². The molecule has 1 aromatic heterocycles. The maximum atomic E-state index is 4.66. The van der Waals surface area contributed by atoms with E-state index in [0.717, 1.165) is 25.3 Å². The van der Waals surface area contributed by atoms with E-state index in [1.807, 2.05) is 0 Å². The van der Waals surface area contributed by atoms with Crippen LogP contribution in [0.2, 0.25) is 0 Å². The largest absolute Gasteiger partial charge is 0.310 e. The fourth-order valence-electron chi connectivity index (χ4n) is 2.76. The van der Waals surface area contributed by atoms with Gasteiger partial charge >= 0.3 is 0 Å². The third-order valence-electron chi connectivity index (χ3n) is 4.38. The summed E-state index contributed by atoms with van der Waals surface area (Å²) >= 11 is 0. The van der Waals surface area contributed by atoms with Gasteiger partial charge in [-0.2, -0.15) is 0 Å². The summed E-state index contributed by atoms with van der Waals surface area (Å²) in [4.78, 5) is 7.23. The number of hydrogen-bond donors (Lipinski definition) is 1. The number of hydrogen-bond acceptors (Lipinski definition) is 3. The quantitative estimate of drug-likeness (QED) is 0.899. The zero-order chi connectivity index (χ0) is 15.0. The van der Waals surface area contributed by atoms with Gasteiger partial charge in [0.25, 0.3) is 0 Å². The molecule has 0 radical (unpaired) electrons. The van der Waals surface area contributed by atoms with Crippen molar-refractivity contribution in [3.05, 3.63) is 29.6 Å². The number of piperazine rings is 1. The molecule has 1 aliphatic heterocycles. The van der Waals surface area contributed by atoms with Crippen molar-refractivity contribution in [2.75, 3.05) is 13.1 Å². The smallest absolute Gasteiger partial charge is 0.0547 e. The van der Waals surface area contributed by atoms with E-state index in [-0.39, 0.29) is 11.0 Å². The van der Waals surface area contributed by atoms with Crippen LogP contribution in [0, 0.1) is 12.3 Å². The van der Waals surface area contributed by atoms with Gasteiger partial charge in [-0.15, -0.1) is 0 Å². The van der Waals surface area contributed by atoms with Crippen molar-refractivity contribution in [3.8, 4) is 0 Å². The van der Waals surface area contributed by atoms with Crippen LogP contribution in [-0.2, 0) is 6.54 Å². The van der Waals surface area contributed by atoms with E-state index in [1.165, 1.54) is 5.69 Å². The van der Waals surface area contributed by atoms with Gasteiger partial charge in [0.05, 0.1) is 5.69 Å². The molecular weight excluding hydrogens is 246 g/mol. The molecule has 1 unspecified atom stereocenters. The van der Waals surface area contributed by atoms with Crippen molar-refractivity contribution in [1.82, 2.24) is 15.2 Å². The molecule has 1 atom stereocenters. The summed E-state index contributed by atoms with van der Waals surface area (Å²) < 4.78 is 0. The summed E-state index contributed by atoms with van der Waals surface area (Å²) in [6.07, 6.45) is 0. The number of rotatable bonds is 2. The molecule has 1 N–H and O–H groups in total. The van der Waals surface area contributed by atoms with Gasteiger partial charge in [-0.25, -0.2) is 0 Å². The van der Waals surface area contributed by atoms with E-state index in [0.29, 0.717) is 6.04 Å². The maximum Gasteiger partial charge on any atom is 0.0547 e.